The van der Waals surface area contributed by atoms with Gasteiger partial charge in [-0.3, -0.25) is 10.0 Å². The van der Waals surface area contributed by atoms with Gasteiger partial charge >= 0.3 is 5.91 Å². The fraction of sp³-hybridized carbons (Fsp3) is 0.0909. The molecule has 0 aliphatic heterocycles. The summed E-state index contributed by atoms with van der Waals surface area (Å²) in [7, 11) is 0. The van der Waals surface area contributed by atoms with Crippen LogP contribution in [0.15, 0.2) is 42.6 Å². The van der Waals surface area contributed by atoms with Gasteiger partial charge in [0.1, 0.15) is 0 Å². The highest BCUT2D eigenvalue weighted by Crippen LogP contribution is 2.07. The second-order valence-electron chi connectivity index (χ2n) is 3.23. The number of hydrogen-bond acceptors (Lipinski definition) is 2. The van der Waals surface area contributed by atoms with Crippen molar-refractivity contribution in [2.24, 2.45) is 0 Å². The number of fused-ring (bicyclic) bond motifs is 1. The van der Waals surface area contributed by atoms with Crippen LogP contribution in [0, 0.1) is 0 Å². The lowest BCUT2D eigenvalue weighted by atomic mass is 10.2. The molecule has 1 amide bonds. The van der Waals surface area contributed by atoms with Crippen LogP contribution < -0.4 is 10.0 Å². The van der Waals surface area contributed by atoms with Crippen molar-refractivity contribution >= 4 is 16.8 Å². The first-order valence-electron chi connectivity index (χ1n) is 4.61. The number of nitrogens with one attached hydrogen (secondary N) is 1. The molecule has 2 rings (SSSR count). The monoisotopic (exact) mass is 203 g/mol. The number of pyridine rings is 1. The lowest BCUT2D eigenvalue weighted by Crippen LogP contribution is -2.42. The number of nitrogens with zero attached hydrogens (tertiary/aromatic N) is 1. The Morgan fingerprint density at radius 2 is 2.00 bits per heavy atom. The maximum atomic E-state index is 11.0. The number of hydrogen-bond donors (Lipinski definition) is 2. The number of hydroxylamine groups is 1. The Bertz CT molecular complexity index is 491. The van der Waals surface area contributed by atoms with Gasteiger partial charge in [0.15, 0.2) is 6.20 Å². The van der Waals surface area contributed by atoms with Gasteiger partial charge in [0.2, 0.25) is 12.1 Å². The summed E-state index contributed by atoms with van der Waals surface area (Å²) in [6.07, 6.45) is 1.80. The standard InChI is InChI=1S/C11H10N2O2/c14-11(12-15)8-13-7-3-5-9-4-1-2-6-10(9)13/h1-7H,8H2,(H-,12,14,15)/p+1. The third-order valence-corrected chi connectivity index (χ3v) is 2.23. The zero-order chi connectivity index (χ0) is 10.7. The molecule has 0 atom stereocenters. The number of aromatic nitrogens is 1. The van der Waals surface area contributed by atoms with E-state index in [1.807, 2.05) is 36.4 Å². The van der Waals surface area contributed by atoms with Gasteiger partial charge < -0.3 is 0 Å². The van der Waals surface area contributed by atoms with Crippen molar-refractivity contribution in [2.45, 2.75) is 6.54 Å². The highest BCUT2D eigenvalue weighted by Gasteiger charge is 2.11. The number of rotatable bonds is 2. The summed E-state index contributed by atoms with van der Waals surface area (Å²) in [4.78, 5) is 11.0. The molecule has 0 fully saturated rings. The number of amides is 1. The molecule has 0 aliphatic rings. The van der Waals surface area contributed by atoms with Gasteiger partial charge in [0.05, 0.1) is 0 Å². The first-order valence-corrected chi connectivity index (χ1v) is 4.61. The Balaban J connectivity index is 2.46. The van der Waals surface area contributed by atoms with Crippen LogP contribution in [0.3, 0.4) is 0 Å². The van der Waals surface area contributed by atoms with Crippen LogP contribution in [0.4, 0.5) is 0 Å². The molecule has 4 heteroatoms. The largest absolute Gasteiger partial charge is 0.309 e. The second-order valence-corrected chi connectivity index (χ2v) is 3.23. The zero-order valence-electron chi connectivity index (χ0n) is 8.05. The lowest BCUT2D eigenvalue weighted by Gasteiger charge is -1.99. The molecular formula is C11H11N2O2+. The average molecular weight is 203 g/mol. The van der Waals surface area contributed by atoms with Gasteiger partial charge in [-0.1, -0.05) is 12.1 Å². The van der Waals surface area contributed by atoms with Crippen molar-refractivity contribution in [2.75, 3.05) is 0 Å². The zero-order valence-corrected chi connectivity index (χ0v) is 8.05. The van der Waals surface area contributed by atoms with Gasteiger partial charge in [-0.25, -0.2) is 5.48 Å². The summed E-state index contributed by atoms with van der Waals surface area (Å²) in [6.45, 7) is 0.109. The molecule has 0 saturated heterocycles. The summed E-state index contributed by atoms with van der Waals surface area (Å²) in [5, 5.41) is 9.52. The topological polar surface area (TPSA) is 53.2 Å². The van der Waals surface area contributed by atoms with Crippen molar-refractivity contribution in [1.82, 2.24) is 5.48 Å². The summed E-state index contributed by atoms with van der Waals surface area (Å²) >= 11 is 0. The molecule has 0 bridgehead atoms. The predicted molar refractivity (Wildman–Crippen MR) is 54.1 cm³/mol. The van der Waals surface area contributed by atoms with E-state index in [4.69, 9.17) is 5.21 Å². The van der Waals surface area contributed by atoms with E-state index < -0.39 is 5.91 Å². The average Bonchev–Trinajstić information content (AvgIpc) is 2.29. The summed E-state index contributed by atoms with van der Waals surface area (Å²) < 4.78 is 1.78. The molecular weight excluding hydrogens is 192 g/mol. The van der Waals surface area contributed by atoms with E-state index in [0.717, 1.165) is 10.9 Å². The Labute approximate surface area is 86.7 Å². The molecule has 4 nitrogen and oxygen atoms in total. The van der Waals surface area contributed by atoms with Gasteiger partial charge in [-0.05, 0) is 12.1 Å². The number of carbonyl (C=O) groups excluding carboxylic acids is 1. The highest BCUT2D eigenvalue weighted by molar-refractivity contribution is 5.77. The van der Waals surface area contributed by atoms with E-state index >= 15 is 0 Å². The predicted octanol–water partition coefficient (Wildman–Crippen LogP) is 0.633. The molecule has 15 heavy (non-hydrogen) atoms. The van der Waals surface area contributed by atoms with Crippen LogP contribution in [0.2, 0.25) is 0 Å². The van der Waals surface area contributed by atoms with Crippen molar-refractivity contribution < 1.29 is 14.6 Å². The first-order chi connectivity index (χ1) is 7.31. The van der Waals surface area contributed by atoms with E-state index in [1.54, 1.807) is 16.2 Å². The Hall–Kier alpha value is -1.94. The smallest absolute Gasteiger partial charge is 0.288 e. The summed E-state index contributed by atoms with van der Waals surface area (Å²) in [5.41, 5.74) is 2.58. The van der Waals surface area contributed by atoms with Crippen molar-refractivity contribution in [1.29, 1.82) is 0 Å². The Kier molecular flexibility index (Phi) is 2.60. The first kappa shape index (κ1) is 9.61. The maximum absolute atomic E-state index is 11.0. The normalized spacial score (nSPS) is 10.2. The van der Waals surface area contributed by atoms with Crippen molar-refractivity contribution in [3.8, 4) is 0 Å². The van der Waals surface area contributed by atoms with E-state index in [-0.39, 0.29) is 6.54 Å². The Morgan fingerprint density at radius 1 is 1.27 bits per heavy atom. The molecule has 0 saturated carbocycles. The van der Waals surface area contributed by atoms with E-state index in [1.165, 1.54) is 0 Å². The highest BCUT2D eigenvalue weighted by atomic mass is 16.5. The molecule has 2 aromatic rings. The number of benzene rings is 1. The fourth-order valence-corrected chi connectivity index (χ4v) is 1.55. The van der Waals surface area contributed by atoms with Gasteiger partial charge in [0.25, 0.3) is 0 Å². The molecule has 1 heterocycles. The van der Waals surface area contributed by atoms with Crippen LogP contribution in [-0.2, 0) is 11.3 Å². The van der Waals surface area contributed by atoms with Gasteiger partial charge in [0, 0.05) is 17.5 Å². The van der Waals surface area contributed by atoms with Crippen LogP contribution in [0.5, 0.6) is 0 Å². The Morgan fingerprint density at radius 3 is 2.80 bits per heavy atom. The van der Waals surface area contributed by atoms with Crippen LogP contribution in [0.25, 0.3) is 10.9 Å². The third kappa shape index (κ3) is 1.94. The number of para-hydroxylation sites is 1. The van der Waals surface area contributed by atoms with E-state index in [0.29, 0.717) is 0 Å². The minimum Gasteiger partial charge on any atom is -0.288 e. The maximum Gasteiger partial charge on any atom is 0.309 e. The molecule has 1 aromatic heterocycles. The minimum atomic E-state index is -0.434. The third-order valence-electron chi connectivity index (χ3n) is 2.23. The van der Waals surface area contributed by atoms with E-state index in [9.17, 15) is 4.79 Å². The van der Waals surface area contributed by atoms with Crippen molar-refractivity contribution in [3.63, 3.8) is 0 Å². The van der Waals surface area contributed by atoms with E-state index in [2.05, 4.69) is 0 Å². The summed E-state index contributed by atoms with van der Waals surface area (Å²) in [6, 6.07) is 11.6. The SMILES string of the molecule is O=C(C[n+]1cccc2ccccc21)NO. The van der Waals surface area contributed by atoms with Crippen LogP contribution in [0.1, 0.15) is 0 Å². The molecule has 0 unspecified atom stereocenters. The molecule has 0 radical (unpaired) electrons. The summed E-state index contributed by atoms with van der Waals surface area (Å²) in [5.74, 6) is -0.434. The lowest BCUT2D eigenvalue weighted by molar-refractivity contribution is -0.658. The molecule has 0 aliphatic carbocycles. The minimum absolute atomic E-state index is 0.109. The molecule has 0 spiro atoms. The fourth-order valence-electron chi connectivity index (χ4n) is 1.55. The van der Waals surface area contributed by atoms with Crippen LogP contribution >= 0.6 is 0 Å². The van der Waals surface area contributed by atoms with Gasteiger partial charge in [-0.15, -0.1) is 0 Å². The number of carbonyl (C=O) groups is 1. The van der Waals surface area contributed by atoms with Gasteiger partial charge in [-0.2, -0.15) is 4.57 Å². The molecule has 1 aromatic carbocycles. The molecule has 2 N–H and O–H groups in total. The second kappa shape index (κ2) is 4.06. The molecule has 76 valence electrons. The quantitative estimate of drug-likeness (QED) is 0.427. The van der Waals surface area contributed by atoms with Crippen molar-refractivity contribution in [3.05, 3.63) is 42.6 Å². The van der Waals surface area contributed by atoms with Crippen LogP contribution in [-0.4, -0.2) is 11.1 Å².